The molecule has 11 aliphatic rings. The summed E-state index contributed by atoms with van der Waals surface area (Å²) in [5.41, 5.74) is 1.74. The summed E-state index contributed by atoms with van der Waals surface area (Å²) in [5.74, 6) is 11.9. The van der Waals surface area contributed by atoms with Crippen LogP contribution < -0.4 is 0 Å². The molecule has 0 N–H and O–H groups in total. The Balaban J connectivity index is 1.34. The van der Waals surface area contributed by atoms with Gasteiger partial charge in [0.15, 0.2) is 0 Å². The molecule has 11 fully saturated rings. The minimum absolute atomic E-state index is 0.861. The van der Waals surface area contributed by atoms with Crippen LogP contribution in [-0.4, -0.2) is 0 Å². The maximum absolute atomic E-state index is 1.72. The van der Waals surface area contributed by atoms with Gasteiger partial charge in [-0.15, -0.1) is 0 Å². The maximum atomic E-state index is 1.72. The van der Waals surface area contributed by atoms with Crippen molar-refractivity contribution in [1.82, 2.24) is 0 Å². The lowest BCUT2D eigenvalue weighted by molar-refractivity contribution is -0.320. The molecule has 11 aliphatic carbocycles. The zero-order valence-corrected chi connectivity index (χ0v) is 15.3. The molecule has 0 aliphatic heterocycles. The van der Waals surface area contributed by atoms with Crippen molar-refractivity contribution >= 4 is 0 Å². The van der Waals surface area contributed by atoms with Crippen molar-refractivity contribution in [3.05, 3.63) is 0 Å². The second-order valence-electron chi connectivity index (χ2n) is 12.6. The summed E-state index contributed by atoms with van der Waals surface area (Å²) in [6, 6.07) is 0. The van der Waals surface area contributed by atoms with Gasteiger partial charge in [0.05, 0.1) is 0 Å². The molecule has 0 aromatic carbocycles. The molecule has 24 heavy (non-hydrogen) atoms. The van der Waals surface area contributed by atoms with Gasteiger partial charge in [0.1, 0.15) is 0 Å². The fourth-order valence-corrected chi connectivity index (χ4v) is 12.6. The summed E-state index contributed by atoms with van der Waals surface area (Å²) in [6.45, 7) is 0. The Morgan fingerprint density at radius 3 is 1.50 bits per heavy atom. The van der Waals surface area contributed by atoms with E-state index >= 15 is 0 Å². The van der Waals surface area contributed by atoms with Crippen LogP contribution in [0.2, 0.25) is 0 Å². The highest BCUT2D eigenvalue weighted by molar-refractivity contribution is 5.24. The van der Waals surface area contributed by atoms with Gasteiger partial charge in [-0.1, -0.05) is 0 Å². The Kier molecular flexibility index (Phi) is 2.10. The topological polar surface area (TPSA) is 0 Å². The minimum atomic E-state index is 0.861. The van der Waals surface area contributed by atoms with Crippen molar-refractivity contribution in [3.8, 4) is 0 Å². The van der Waals surface area contributed by atoms with Gasteiger partial charge in [-0.05, 0) is 147 Å². The van der Waals surface area contributed by atoms with Gasteiger partial charge in [-0.25, -0.2) is 0 Å². The van der Waals surface area contributed by atoms with Gasteiger partial charge >= 0.3 is 0 Å². The Morgan fingerprint density at radius 2 is 0.917 bits per heavy atom. The van der Waals surface area contributed by atoms with E-state index in [4.69, 9.17) is 0 Å². The van der Waals surface area contributed by atoms with Gasteiger partial charge in [-0.3, -0.25) is 0 Å². The summed E-state index contributed by atoms with van der Waals surface area (Å²) in [7, 11) is 0. The summed E-state index contributed by atoms with van der Waals surface area (Å²) < 4.78 is 0. The van der Waals surface area contributed by atoms with Crippen LogP contribution >= 0.6 is 0 Å². The number of rotatable bonds is 1. The lowest BCUT2D eigenvalue weighted by atomic mass is 9.24. The van der Waals surface area contributed by atoms with Gasteiger partial charge in [0.2, 0.25) is 0 Å². The van der Waals surface area contributed by atoms with Crippen molar-refractivity contribution in [2.45, 2.75) is 77.0 Å². The van der Waals surface area contributed by atoms with E-state index in [-0.39, 0.29) is 0 Å². The molecule has 0 nitrogen and oxygen atoms in total. The highest BCUT2D eigenvalue weighted by atomic mass is 14.8. The second kappa shape index (κ2) is 3.82. The Labute approximate surface area is 147 Å². The van der Waals surface area contributed by atoms with Crippen LogP contribution in [0, 0.1) is 70.0 Å². The minimum Gasteiger partial charge on any atom is -0.0475 e. The summed E-state index contributed by atoms with van der Waals surface area (Å²) in [6.07, 6.45) is 20.2. The Hall–Kier alpha value is 0. The third-order valence-electron chi connectivity index (χ3n) is 12.1. The van der Waals surface area contributed by atoms with E-state index in [0.717, 1.165) is 10.8 Å². The van der Waals surface area contributed by atoms with Gasteiger partial charge < -0.3 is 0 Å². The lowest BCUT2D eigenvalue weighted by Gasteiger charge is -2.81. The number of hydrogen-bond acceptors (Lipinski definition) is 0. The van der Waals surface area contributed by atoms with E-state index in [2.05, 4.69) is 0 Å². The van der Waals surface area contributed by atoms with Gasteiger partial charge in [0.25, 0.3) is 0 Å². The summed E-state index contributed by atoms with van der Waals surface area (Å²) in [5, 5.41) is 0. The molecule has 0 aromatic rings. The average Bonchev–Trinajstić information content (AvgIpc) is 2.57. The molecule has 0 spiro atoms. The monoisotopic (exact) mass is 322 g/mol. The van der Waals surface area contributed by atoms with E-state index < -0.39 is 0 Å². The average molecular weight is 323 g/mol. The van der Waals surface area contributed by atoms with Crippen LogP contribution in [0.5, 0.6) is 0 Å². The zero-order valence-electron chi connectivity index (χ0n) is 15.3. The first-order valence-electron chi connectivity index (χ1n) is 11.7. The molecule has 0 amide bonds. The molecule has 0 heteroatoms. The fourth-order valence-electron chi connectivity index (χ4n) is 12.6. The first-order chi connectivity index (χ1) is 11.7. The van der Waals surface area contributed by atoms with Gasteiger partial charge in [0, 0.05) is 0 Å². The van der Waals surface area contributed by atoms with Crippen LogP contribution in [0.15, 0.2) is 0 Å². The first kappa shape index (κ1) is 13.2. The quantitative estimate of drug-likeness (QED) is 0.563. The predicted molar refractivity (Wildman–Crippen MR) is 95.2 cm³/mol. The Morgan fingerprint density at radius 1 is 0.417 bits per heavy atom. The maximum Gasteiger partial charge on any atom is -0.0176 e. The largest absolute Gasteiger partial charge is 0.0475 e. The summed E-state index contributed by atoms with van der Waals surface area (Å²) in [4.78, 5) is 0. The zero-order chi connectivity index (χ0) is 15.3. The highest BCUT2D eigenvalue weighted by Crippen LogP contribution is 2.83. The molecule has 0 saturated heterocycles. The lowest BCUT2D eigenvalue weighted by Crippen LogP contribution is -2.73. The molecule has 8 atom stereocenters. The van der Waals surface area contributed by atoms with E-state index in [1.54, 1.807) is 77.0 Å². The molecular formula is C24H34. The Bertz CT molecular complexity index is 556. The van der Waals surface area contributed by atoms with Crippen molar-refractivity contribution < 1.29 is 0 Å². The molecule has 6 unspecified atom stereocenters. The van der Waals surface area contributed by atoms with Crippen molar-refractivity contribution in [2.75, 3.05) is 0 Å². The van der Waals surface area contributed by atoms with Crippen molar-refractivity contribution in [1.29, 1.82) is 0 Å². The van der Waals surface area contributed by atoms with E-state index in [1.807, 2.05) is 0 Å². The normalized spacial score (nSPS) is 73.0. The van der Waals surface area contributed by atoms with Crippen LogP contribution in [0.3, 0.4) is 0 Å². The third-order valence-corrected chi connectivity index (χ3v) is 12.1. The van der Waals surface area contributed by atoms with Crippen LogP contribution in [0.25, 0.3) is 0 Å². The standard InChI is InChI=1S/C24H34/c1-14-2-16-3-15(1)10-23(9-14,11-16)24-12-17-5-19-18-4-13(7-21(19)24)8-22(24)20(18)6-17/h13-22H,1-12H2/t13?,14?,15?,16?,17?,18?,19?,20?,21-,22+,23?,24?. The smallest absolute Gasteiger partial charge is 0.0176 e. The molecule has 11 saturated carbocycles. The molecule has 0 radical (unpaired) electrons. The van der Waals surface area contributed by atoms with Gasteiger partial charge in [-0.2, -0.15) is 0 Å². The second-order valence-corrected chi connectivity index (χ2v) is 12.6. The highest BCUT2D eigenvalue weighted by Gasteiger charge is 2.76. The molecular weight excluding hydrogens is 288 g/mol. The molecule has 130 valence electrons. The molecule has 0 heterocycles. The first-order valence-corrected chi connectivity index (χ1v) is 11.7. The van der Waals surface area contributed by atoms with Crippen molar-refractivity contribution in [2.24, 2.45) is 70.0 Å². The van der Waals surface area contributed by atoms with Crippen molar-refractivity contribution in [3.63, 3.8) is 0 Å². The predicted octanol–water partition coefficient (Wildman–Crippen LogP) is 5.91. The third kappa shape index (κ3) is 1.22. The molecule has 11 rings (SSSR count). The summed E-state index contributed by atoms with van der Waals surface area (Å²) >= 11 is 0. The fraction of sp³-hybridized carbons (Fsp3) is 1.00. The number of hydrogen-bond donors (Lipinski definition) is 0. The molecule has 12 bridgehead atoms. The van der Waals surface area contributed by atoms with Crippen LogP contribution in [0.1, 0.15) is 77.0 Å². The van der Waals surface area contributed by atoms with Crippen LogP contribution in [0.4, 0.5) is 0 Å². The van der Waals surface area contributed by atoms with E-state index in [1.165, 1.54) is 59.2 Å². The van der Waals surface area contributed by atoms with E-state index in [0.29, 0.717) is 0 Å². The van der Waals surface area contributed by atoms with E-state index in [9.17, 15) is 0 Å². The van der Waals surface area contributed by atoms with Crippen LogP contribution in [-0.2, 0) is 0 Å². The molecule has 0 aromatic heterocycles. The SMILES string of the molecule is C1C2CC3CC1CC(C14CC5CC6C7CC(C[C@H]61)C[C@H]4C7C5)(C2)C3.